The maximum Gasteiger partial charge on any atom is 0.244 e. The molecule has 3 atom stereocenters. The van der Waals surface area contributed by atoms with Crippen LogP contribution in [0.4, 0.5) is 4.39 Å². The Morgan fingerprint density at radius 3 is 2.86 bits per heavy atom. The van der Waals surface area contributed by atoms with E-state index in [2.05, 4.69) is 15.2 Å². The second-order valence-corrected chi connectivity index (χ2v) is 9.80. The number of pyridine rings is 1. The number of benzene rings is 2. The van der Waals surface area contributed by atoms with E-state index in [4.69, 9.17) is 4.74 Å². The lowest BCUT2D eigenvalue weighted by atomic mass is 10.0. The van der Waals surface area contributed by atoms with Crippen LogP contribution < -0.4 is 10.1 Å². The fourth-order valence-electron chi connectivity index (χ4n) is 5.49. The van der Waals surface area contributed by atoms with E-state index >= 15 is 0 Å². The largest absolute Gasteiger partial charge is 0.489 e. The quantitative estimate of drug-likeness (QED) is 0.531. The third kappa shape index (κ3) is 4.45. The minimum Gasteiger partial charge on any atom is -0.489 e. The van der Waals surface area contributed by atoms with Crippen molar-refractivity contribution in [2.24, 2.45) is 0 Å². The average Bonchev–Trinajstić information content (AvgIpc) is 3.42. The first-order chi connectivity index (χ1) is 17.4. The molecule has 1 aromatic heterocycles. The average molecular weight is 491 g/mol. The lowest BCUT2D eigenvalue weighted by Gasteiger charge is -2.31. The highest BCUT2D eigenvalue weighted by molar-refractivity contribution is 6.00. The van der Waals surface area contributed by atoms with E-state index < -0.39 is 12.3 Å². The number of aliphatic hydroxyl groups is 1. The lowest BCUT2D eigenvalue weighted by Crippen LogP contribution is -2.51. The molecule has 36 heavy (non-hydrogen) atoms. The third-order valence-electron chi connectivity index (χ3n) is 7.33. The van der Waals surface area contributed by atoms with Crippen LogP contribution in [0.25, 0.3) is 10.8 Å². The van der Waals surface area contributed by atoms with Crippen LogP contribution in [0.5, 0.6) is 5.75 Å². The van der Waals surface area contributed by atoms with Crippen LogP contribution in [0.2, 0.25) is 0 Å². The maximum atomic E-state index is 13.4. The van der Waals surface area contributed by atoms with Gasteiger partial charge >= 0.3 is 0 Å². The number of ether oxygens (including phenoxy) is 1. The monoisotopic (exact) mass is 490 g/mol. The Bertz CT molecular complexity index is 1350. The van der Waals surface area contributed by atoms with Gasteiger partial charge in [-0.2, -0.15) is 0 Å². The Balaban J connectivity index is 1.08. The zero-order valence-corrected chi connectivity index (χ0v) is 19.7. The van der Waals surface area contributed by atoms with Crippen LogP contribution in [0.3, 0.4) is 0 Å². The molecule has 2 fully saturated rings. The van der Waals surface area contributed by atoms with Crippen LogP contribution in [-0.4, -0.2) is 56.9 Å². The highest BCUT2D eigenvalue weighted by atomic mass is 19.1. The van der Waals surface area contributed by atoms with Crippen molar-refractivity contribution in [2.45, 2.75) is 50.7 Å². The molecule has 0 aliphatic carbocycles. The summed E-state index contributed by atoms with van der Waals surface area (Å²) in [5.41, 5.74) is 2.63. The number of amides is 2. The summed E-state index contributed by atoms with van der Waals surface area (Å²) in [6.07, 6.45) is 2.44. The normalized spacial score (nSPS) is 24.8. The van der Waals surface area contributed by atoms with Gasteiger partial charge in [0, 0.05) is 49.7 Å². The first kappa shape index (κ1) is 23.0. The van der Waals surface area contributed by atoms with Crippen LogP contribution in [0.15, 0.2) is 48.7 Å². The van der Waals surface area contributed by atoms with E-state index in [0.717, 1.165) is 52.9 Å². The topological polar surface area (TPSA) is 95.0 Å². The third-order valence-corrected chi connectivity index (χ3v) is 7.33. The lowest BCUT2D eigenvalue weighted by molar-refractivity contribution is -0.141. The van der Waals surface area contributed by atoms with Crippen LogP contribution in [0.1, 0.15) is 42.3 Å². The van der Waals surface area contributed by atoms with Gasteiger partial charge < -0.3 is 9.84 Å². The van der Waals surface area contributed by atoms with Gasteiger partial charge in [0.15, 0.2) is 0 Å². The first-order valence-corrected chi connectivity index (χ1v) is 12.3. The molecule has 4 heterocycles. The summed E-state index contributed by atoms with van der Waals surface area (Å²) < 4.78 is 19.7. The van der Waals surface area contributed by atoms with E-state index in [-0.39, 0.29) is 30.2 Å². The SMILES string of the molecule is O=C1CCC(N2Cc3cc(O[C@H]4CCN(Cc5cc6ccc(F)cc6cn5)C4)ccc3C2O)C(=O)N1. The fraction of sp³-hybridized carbons (Fsp3) is 0.370. The number of halogens is 1. The molecule has 2 amide bonds. The van der Waals surface area contributed by atoms with Crippen molar-refractivity contribution in [3.63, 3.8) is 0 Å². The minimum atomic E-state index is -0.883. The minimum absolute atomic E-state index is 0.0372. The number of carbonyl (C=O) groups excluding carboxylic acids is 2. The number of nitrogens with zero attached hydrogens (tertiary/aromatic N) is 3. The van der Waals surface area contributed by atoms with Gasteiger partial charge in [-0.25, -0.2) is 4.39 Å². The Morgan fingerprint density at radius 2 is 2.00 bits per heavy atom. The van der Waals surface area contributed by atoms with Crippen LogP contribution >= 0.6 is 0 Å². The van der Waals surface area contributed by atoms with Crippen molar-refractivity contribution in [1.82, 2.24) is 20.1 Å². The van der Waals surface area contributed by atoms with Crippen molar-refractivity contribution < 1.29 is 23.8 Å². The van der Waals surface area contributed by atoms with E-state index in [1.807, 2.05) is 24.3 Å². The number of carbonyl (C=O) groups is 2. The molecule has 6 rings (SSSR count). The van der Waals surface area contributed by atoms with Gasteiger partial charge in [-0.3, -0.25) is 29.7 Å². The maximum absolute atomic E-state index is 13.4. The zero-order valence-electron chi connectivity index (χ0n) is 19.7. The predicted molar refractivity (Wildman–Crippen MR) is 129 cm³/mol. The predicted octanol–water partition coefficient (Wildman–Crippen LogP) is 2.64. The molecule has 2 unspecified atom stereocenters. The number of nitrogens with one attached hydrogen (secondary N) is 1. The molecule has 3 aliphatic rings. The van der Waals surface area contributed by atoms with E-state index in [0.29, 0.717) is 19.5 Å². The molecule has 3 aromatic rings. The number of imide groups is 1. The van der Waals surface area contributed by atoms with Gasteiger partial charge in [-0.15, -0.1) is 0 Å². The van der Waals surface area contributed by atoms with Crippen LogP contribution in [0, 0.1) is 5.82 Å². The number of likely N-dealkylation sites (tertiary alicyclic amines) is 1. The Labute approximate surface area is 207 Å². The summed E-state index contributed by atoms with van der Waals surface area (Å²) in [5, 5.41) is 14.9. The Morgan fingerprint density at radius 1 is 1.11 bits per heavy atom. The molecule has 9 heteroatoms. The van der Waals surface area contributed by atoms with Gasteiger partial charge in [-0.1, -0.05) is 12.1 Å². The number of rotatable bonds is 5. The molecular formula is C27H27FN4O4. The zero-order chi connectivity index (χ0) is 24.8. The molecule has 0 saturated carbocycles. The van der Waals surface area contributed by atoms with Crippen molar-refractivity contribution in [2.75, 3.05) is 13.1 Å². The molecule has 0 bridgehead atoms. The molecule has 3 aliphatic heterocycles. The summed E-state index contributed by atoms with van der Waals surface area (Å²) in [4.78, 5) is 32.3. The number of piperidine rings is 1. The van der Waals surface area contributed by atoms with Crippen molar-refractivity contribution in [1.29, 1.82) is 0 Å². The molecule has 2 aromatic carbocycles. The summed E-state index contributed by atoms with van der Waals surface area (Å²) in [6, 6.07) is 11.9. The first-order valence-electron chi connectivity index (χ1n) is 12.3. The van der Waals surface area contributed by atoms with Gasteiger partial charge in [0.1, 0.15) is 23.9 Å². The fourth-order valence-corrected chi connectivity index (χ4v) is 5.49. The highest BCUT2D eigenvalue weighted by Gasteiger charge is 2.40. The summed E-state index contributed by atoms with van der Waals surface area (Å²) in [7, 11) is 0. The van der Waals surface area contributed by atoms with Gasteiger partial charge in [0.05, 0.1) is 11.7 Å². The summed E-state index contributed by atoms with van der Waals surface area (Å²) in [5.74, 6) is -0.144. The smallest absolute Gasteiger partial charge is 0.244 e. The standard InChI is InChI=1S/C27H27FN4O4/c28-19-2-1-16-10-20(29-12-17(16)9-19)14-31-8-7-22(15-31)36-21-3-4-23-18(11-21)13-32(27(23)35)24-5-6-25(33)30-26(24)34/h1-4,9-12,22,24,27,35H,5-8,13-15H2,(H,30,33,34)/t22-,24?,27?/m0/s1. The highest BCUT2D eigenvalue weighted by Crippen LogP contribution is 2.37. The number of hydrogen-bond donors (Lipinski definition) is 2. The van der Waals surface area contributed by atoms with E-state index in [9.17, 15) is 19.1 Å². The molecule has 8 nitrogen and oxygen atoms in total. The molecule has 0 radical (unpaired) electrons. The van der Waals surface area contributed by atoms with Gasteiger partial charge in [-0.05, 0) is 54.1 Å². The molecule has 186 valence electrons. The Hall–Kier alpha value is -3.40. The molecule has 2 N–H and O–H groups in total. The van der Waals surface area contributed by atoms with Gasteiger partial charge in [0.2, 0.25) is 11.8 Å². The molecule has 0 spiro atoms. The molecular weight excluding hydrogens is 463 g/mol. The second kappa shape index (κ2) is 9.24. The molecule has 2 saturated heterocycles. The summed E-state index contributed by atoms with van der Waals surface area (Å²) in [6.45, 7) is 2.78. The van der Waals surface area contributed by atoms with E-state index in [1.54, 1.807) is 17.2 Å². The Kier molecular flexibility index (Phi) is 5.91. The van der Waals surface area contributed by atoms with Crippen LogP contribution in [-0.2, 0) is 22.7 Å². The van der Waals surface area contributed by atoms with Crippen molar-refractivity contribution in [3.8, 4) is 5.75 Å². The number of fused-ring (bicyclic) bond motifs is 2. The number of aliphatic hydroxyl groups excluding tert-OH is 1. The number of hydrogen-bond acceptors (Lipinski definition) is 7. The van der Waals surface area contributed by atoms with Gasteiger partial charge in [0.25, 0.3) is 0 Å². The second-order valence-electron chi connectivity index (χ2n) is 9.80. The number of aromatic nitrogens is 1. The van der Waals surface area contributed by atoms with Crippen molar-refractivity contribution >= 4 is 22.6 Å². The van der Waals surface area contributed by atoms with Crippen molar-refractivity contribution in [3.05, 3.63) is 71.3 Å². The van der Waals surface area contributed by atoms with E-state index in [1.165, 1.54) is 12.1 Å². The summed E-state index contributed by atoms with van der Waals surface area (Å²) >= 11 is 0.